The molecule has 0 spiro atoms. The van der Waals surface area contributed by atoms with Crippen LogP contribution in [0.3, 0.4) is 0 Å². The Labute approximate surface area is 145 Å². The highest BCUT2D eigenvalue weighted by Crippen LogP contribution is 2.18. The molecular formula is C20H18FN3O. The van der Waals surface area contributed by atoms with Gasteiger partial charge < -0.3 is 10.6 Å². The number of carbonyl (C=O) groups is 1. The van der Waals surface area contributed by atoms with Crippen molar-refractivity contribution in [3.8, 4) is 0 Å². The third-order valence-corrected chi connectivity index (χ3v) is 3.79. The molecule has 0 saturated heterocycles. The van der Waals surface area contributed by atoms with Crippen molar-refractivity contribution >= 4 is 17.4 Å². The van der Waals surface area contributed by atoms with Crippen LogP contribution in [0.5, 0.6) is 0 Å². The van der Waals surface area contributed by atoms with Crippen LogP contribution in [0.15, 0.2) is 72.9 Å². The summed E-state index contributed by atoms with van der Waals surface area (Å²) >= 11 is 0. The lowest BCUT2D eigenvalue weighted by atomic mass is 10.1. The highest BCUT2D eigenvalue weighted by Gasteiger charge is 2.08. The van der Waals surface area contributed by atoms with Crippen LogP contribution in [0.2, 0.25) is 0 Å². The number of benzene rings is 2. The molecule has 1 atom stereocenters. The smallest absolute Gasteiger partial charge is 0.255 e. The lowest BCUT2D eigenvalue weighted by Gasteiger charge is -2.15. The molecule has 1 heterocycles. The summed E-state index contributed by atoms with van der Waals surface area (Å²) in [5, 5.41) is 6.05. The fraction of sp³-hybridized carbons (Fsp3) is 0.100. The van der Waals surface area contributed by atoms with Crippen molar-refractivity contribution in [3.05, 3.63) is 89.9 Å². The molecule has 0 fully saturated rings. The normalized spacial score (nSPS) is 11.6. The number of nitrogens with one attached hydrogen (secondary N) is 2. The van der Waals surface area contributed by atoms with E-state index in [9.17, 15) is 9.18 Å². The molecule has 126 valence electrons. The van der Waals surface area contributed by atoms with Crippen molar-refractivity contribution in [2.24, 2.45) is 0 Å². The Morgan fingerprint density at radius 3 is 2.36 bits per heavy atom. The van der Waals surface area contributed by atoms with Crippen molar-refractivity contribution in [1.82, 2.24) is 4.98 Å². The number of rotatable bonds is 5. The van der Waals surface area contributed by atoms with Crippen LogP contribution in [-0.2, 0) is 0 Å². The second-order valence-corrected chi connectivity index (χ2v) is 5.67. The predicted molar refractivity (Wildman–Crippen MR) is 97.1 cm³/mol. The number of nitrogens with zero attached hydrogens (tertiary/aromatic N) is 1. The lowest BCUT2D eigenvalue weighted by Crippen LogP contribution is -2.12. The summed E-state index contributed by atoms with van der Waals surface area (Å²) < 4.78 is 12.9. The van der Waals surface area contributed by atoms with E-state index < -0.39 is 0 Å². The molecule has 3 aromatic rings. The van der Waals surface area contributed by atoms with E-state index in [4.69, 9.17) is 0 Å². The molecule has 2 aromatic carbocycles. The number of amides is 1. The van der Waals surface area contributed by atoms with Gasteiger partial charge in [0.2, 0.25) is 0 Å². The summed E-state index contributed by atoms with van der Waals surface area (Å²) in [6.07, 6.45) is 1.58. The Morgan fingerprint density at radius 1 is 1.00 bits per heavy atom. The van der Waals surface area contributed by atoms with Crippen LogP contribution in [0.25, 0.3) is 0 Å². The molecule has 1 amide bonds. The zero-order valence-electron chi connectivity index (χ0n) is 13.7. The third kappa shape index (κ3) is 4.41. The Kier molecular flexibility index (Phi) is 5.04. The Hall–Kier alpha value is -3.21. The van der Waals surface area contributed by atoms with Gasteiger partial charge in [-0.1, -0.05) is 30.3 Å². The second kappa shape index (κ2) is 7.57. The van der Waals surface area contributed by atoms with E-state index in [1.165, 1.54) is 24.3 Å². The zero-order valence-corrected chi connectivity index (χ0v) is 13.7. The summed E-state index contributed by atoms with van der Waals surface area (Å²) in [6, 6.07) is 19.2. The van der Waals surface area contributed by atoms with Gasteiger partial charge in [0.15, 0.2) is 0 Å². The molecule has 0 aliphatic rings. The molecule has 0 aliphatic carbocycles. The highest BCUT2D eigenvalue weighted by molar-refractivity contribution is 6.04. The van der Waals surface area contributed by atoms with Crippen molar-refractivity contribution < 1.29 is 9.18 Å². The van der Waals surface area contributed by atoms with Crippen LogP contribution >= 0.6 is 0 Å². The Morgan fingerprint density at radius 2 is 1.72 bits per heavy atom. The number of aromatic nitrogens is 1. The summed E-state index contributed by atoms with van der Waals surface area (Å²) in [7, 11) is 0. The number of hydrogen-bond donors (Lipinski definition) is 2. The molecule has 4 nitrogen and oxygen atoms in total. The average molecular weight is 335 g/mol. The first-order valence-corrected chi connectivity index (χ1v) is 7.96. The molecule has 0 aliphatic heterocycles. The lowest BCUT2D eigenvalue weighted by molar-refractivity contribution is 0.102. The molecular weight excluding hydrogens is 317 g/mol. The summed E-state index contributed by atoms with van der Waals surface area (Å²) in [4.78, 5) is 16.4. The van der Waals surface area contributed by atoms with Crippen LogP contribution < -0.4 is 10.6 Å². The van der Waals surface area contributed by atoms with E-state index in [1.807, 2.05) is 18.2 Å². The van der Waals surface area contributed by atoms with Crippen molar-refractivity contribution in [1.29, 1.82) is 0 Å². The monoisotopic (exact) mass is 335 g/mol. The van der Waals surface area contributed by atoms with E-state index >= 15 is 0 Å². The van der Waals surface area contributed by atoms with Crippen molar-refractivity contribution in [3.63, 3.8) is 0 Å². The molecule has 1 aromatic heterocycles. The van der Waals surface area contributed by atoms with Gasteiger partial charge >= 0.3 is 0 Å². The molecule has 1 unspecified atom stereocenters. The minimum atomic E-state index is -0.374. The average Bonchev–Trinajstić information content (AvgIpc) is 2.64. The van der Waals surface area contributed by atoms with Gasteiger partial charge in [0.1, 0.15) is 11.6 Å². The quantitative estimate of drug-likeness (QED) is 0.714. The van der Waals surface area contributed by atoms with E-state index in [0.29, 0.717) is 11.3 Å². The minimum Gasteiger partial charge on any atom is -0.364 e. The largest absolute Gasteiger partial charge is 0.364 e. The van der Waals surface area contributed by atoms with Crippen LogP contribution in [-0.4, -0.2) is 10.9 Å². The van der Waals surface area contributed by atoms with Crippen molar-refractivity contribution in [2.75, 3.05) is 10.6 Å². The topological polar surface area (TPSA) is 54.0 Å². The van der Waals surface area contributed by atoms with Crippen LogP contribution in [0.1, 0.15) is 28.9 Å². The van der Waals surface area contributed by atoms with Gasteiger partial charge in [0, 0.05) is 11.6 Å². The Bertz CT molecular complexity index is 833. The Balaban J connectivity index is 1.62. The standard InChI is InChI=1S/C20H18FN3O/c1-14(15-5-3-2-4-6-15)23-19-12-11-18(13-22-19)24-20(25)16-7-9-17(21)10-8-16/h2-14H,1H3,(H,22,23)(H,24,25). The van der Waals surface area contributed by atoms with Gasteiger partial charge in [0.05, 0.1) is 11.9 Å². The zero-order chi connectivity index (χ0) is 17.6. The van der Waals surface area contributed by atoms with Crippen LogP contribution in [0.4, 0.5) is 15.9 Å². The molecule has 5 heteroatoms. The van der Waals surface area contributed by atoms with E-state index in [1.54, 1.807) is 18.3 Å². The SMILES string of the molecule is CC(Nc1ccc(NC(=O)c2ccc(F)cc2)cn1)c1ccccc1. The summed E-state index contributed by atoms with van der Waals surface area (Å²) in [5.41, 5.74) is 2.13. The minimum absolute atomic E-state index is 0.119. The number of anilines is 2. The first-order valence-electron chi connectivity index (χ1n) is 7.96. The van der Waals surface area contributed by atoms with E-state index in [-0.39, 0.29) is 17.8 Å². The van der Waals surface area contributed by atoms with Gasteiger partial charge in [-0.3, -0.25) is 4.79 Å². The molecule has 2 N–H and O–H groups in total. The molecule has 0 radical (unpaired) electrons. The van der Waals surface area contributed by atoms with E-state index in [0.717, 1.165) is 11.4 Å². The maximum absolute atomic E-state index is 12.9. The van der Waals surface area contributed by atoms with Gasteiger partial charge in [-0.05, 0) is 48.9 Å². The molecule has 3 rings (SSSR count). The first kappa shape index (κ1) is 16.6. The molecule has 0 bridgehead atoms. The fourth-order valence-electron chi connectivity index (χ4n) is 2.40. The third-order valence-electron chi connectivity index (χ3n) is 3.79. The summed E-state index contributed by atoms with van der Waals surface area (Å²) in [5.74, 6) is 0.0393. The highest BCUT2D eigenvalue weighted by atomic mass is 19.1. The molecule has 0 saturated carbocycles. The maximum Gasteiger partial charge on any atom is 0.255 e. The number of pyridine rings is 1. The fourth-order valence-corrected chi connectivity index (χ4v) is 2.40. The number of hydrogen-bond acceptors (Lipinski definition) is 3. The van der Waals surface area contributed by atoms with Gasteiger partial charge in [0.25, 0.3) is 5.91 Å². The first-order chi connectivity index (χ1) is 12.1. The van der Waals surface area contributed by atoms with E-state index in [2.05, 4.69) is 34.7 Å². The molecule has 25 heavy (non-hydrogen) atoms. The number of carbonyl (C=O) groups excluding carboxylic acids is 1. The summed E-state index contributed by atoms with van der Waals surface area (Å²) in [6.45, 7) is 2.06. The predicted octanol–water partition coefficient (Wildman–Crippen LogP) is 4.65. The number of halogens is 1. The van der Waals surface area contributed by atoms with Gasteiger partial charge in [-0.2, -0.15) is 0 Å². The second-order valence-electron chi connectivity index (χ2n) is 5.67. The maximum atomic E-state index is 12.9. The van der Waals surface area contributed by atoms with Crippen molar-refractivity contribution in [2.45, 2.75) is 13.0 Å². The van der Waals surface area contributed by atoms with Gasteiger partial charge in [-0.25, -0.2) is 9.37 Å². The van der Waals surface area contributed by atoms with Crippen LogP contribution in [0, 0.1) is 5.82 Å². The van der Waals surface area contributed by atoms with Gasteiger partial charge in [-0.15, -0.1) is 0 Å².